The summed E-state index contributed by atoms with van der Waals surface area (Å²) in [5, 5.41) is 12.0. The Morgan fingerprint density at radius 3 is 2.65 bits per heavy atom. The molecule has 3 aliphatic rings. The molecule has 200 valence electrons. The number of carbonyl (C=O) groups is 1. The molecule has 0 bridgehead atoms. The summed E-state index contributed by atoms with van der Waals surface area (Å²) in [7, 11) is 0. The molecular formula is C30H40FN3O3. The number of benzene rings is 1. The highest BCUT2D eigenvalue weighted by atomic mass is 19.1. The van der Waals surface area contributed by atoms with Crippen LogP contribution in [-0.4, -0.2) is 44.2 Å². The second-order valence-corrected chi connectivity index (χ2v) is 11.9. The Hall–Kier alpha value is -2.54. The third-order valence-corrected chi connectivity index (χ3v) is 9.42. The molecule has 3 atom stereocenters. The minimum Gasteiger partial charge on any atom is -0.387 e. The first-order valence-electron chi connectivity index (χ1n) is 14.1. The largest absolute Gasteiger partial charge is 0.387 e. The Morgan fingerprint density at radius 2 is 1.89 bits per heavy atom. The van der Waals surface area contributed by atoms with Crippen LogP contribution in [0, 0.1) is 23.1 Å². The maximum Gasteiger partial charge on any atom is 0.253 e. The normalized spacial score (nSPS) is 27.5. The van der Waals surface area contributed by atoms with Crippen molar-refractivity contribution in [3.63, 3.8) is 0 Å². The summed E-state index contributed by atoms with van der Waals surface area (Å²) in [5.41, 5.74) is -1.26. The maximum atomic E-state index is 14.2. The zero-order valence-corrected chi connectivity index (χ0v) is 22.0. The average Bonchev–Trinajstić information content (AvgIpc) is 3.20. The molecule has 2 aromatic rings. The highest BCUT2D eigenvalue weighted by molar-refractivity contribution is 5.78. The maximum absolute atomic E-state index is 14.2. The summed E-state index contributed by atoms with van der Waals surface area (Å²) in [6.45, 7) is 3.49. The number of aromatic nitrogens is 2. The van der Waals surface area contributed by atoms with Crippen LogP contribution in [0.1, 0.15) is 77.6 Å². The smallest absolute Gasteiger partial charge is 0.253 e. The van der Waals surface area contributed by atoms with Crippen molar-refractivity contribution in [2.45, 2.75) is 89.7 Å². The molecule has 2 heterocycles. The van der Waals surface area contributed by atoms with Crippen LogP contribution in [0.5, 0.6) is 0 Å². The molecule has 1 aliphatic heterocycles. The number of nitrogens with zero attached hydrogens (tertiary/aromatic N) is 3. The average molecular weight is 510 g/mol. The van der Waals surface area contributed by atoms with Crippen molar-refractivity contribution in [3.8, 4) is 11.3 Å². The van der Waals surface area contributed by atoms with E-state index in [9.17, 15) is 19.1 Å². The summed E-state index contributed by atoms with van der Waals surface area (Å²) in [6, 6.07) is 7.60. The molecule has 6 nitrogen and oxygen atoms in total. The summed E-state index contributed by atoms with van der Waals surface area (Å²) in [6.07, 6.45) is 12.7. The number of aliphatic hydroxyl groups is 1. The van der Waals surface area contributed by atoms with E-state index in [1.165, 1.54) is 55.1 Å². The van der Waals surface area contributed by atoms with Gasteiger partial charge in [-0.15, -0.1) is 0 Å². The molecule has 1 N–H and O–H groups in total. The number of carbonyl (C=O) groups excluding carboxylic acids is 1. The molecule has 1 aromatic carbocycles. The first-order chi connectivity index (χ1) is 17.8. The summed E-state index contributed by atoms with van der Waals surface area (Å²) < 4.78 is 15.7. The zero-order chi connectivity index (χ0) is 26.0. The van der Waals surface area contributed by atoms with Crippen LogP contribution in [0.25, 0.3) is 11.3 Å². The van der Waals surface area contributed by atoms with Gasteiger partial charge in [-0.25, -0.2) is 9.37 Å². The summed E-state index contributed by atoms with van der Waals surface area (Å²) >= 11 is 0. The van der Waals surface area contributed by atoms with E-state index in [-0.39, 0.29) is 35.2 Å². The molecule has 3 fully saturated rings. The van der Waals surface area contributed by atoms with Gasteiger partial charge in [-0.3, -0.25) is 14.2 Å². The van der Waals surface area contributed by atoms with Crippen molar-refractivity contribution in [1.29, 1.82) is 0 Å². The molecule has 0 radical (unpaired) electrons. The van der Waals surface area contributed by atoms with Crippen LogP contribution in [0.2, 0.25) is 0 Å². The SMILES string of the molecule is CC(CC1CCCCC1)C(=O)N1CCCC2(CCCC2(O)Cn2cnc(-c3ccccc3F)cc2=O)C1. The zero-order valence-electron chi connectivity index (χ0n) is 22.0. The molecule has 37 heavy (non-hydrogen) atoms. The molecule has 5 rings (SSSR count). The van der Waals surface area contributed by atoms with Gasteiger partial charge in [0.25, 0.3) is 5.56 Å². The van der Waals surface area contributed by atoms with E-state index in [0.29, 0.717) is 18.9 Å². The molecule has 1 aromatic heterocycles. The monoisotopic (exact) mass is 509 g/mol. The predicted molar refractivity (Wildman–Crippen MR) is 141 cm³/mol. The number of likely N-dealkylation sites (tertiary alicyclic amines) is 1. The van der Waals surface area contributed by atoms with E-state index < -0.39 is 16.8 Å². The summed E-state index contributed by atoms with van der Waals surface area (Å²) in [4.78, 5) is 32.8. The van der Waals surface area contributed by atoms with Gasteiger partial charge < -0.3 is 10.0 Å². The van der Waals surface area contributed by atoms with Gasteiger partial charge in [0.05, 0.1) is 24.2 Å². The van der Waals surface area contributed by atoms with Crippen molar-refractivity contribution < 1.29 is 14.3 Å². The molecule has 1 saturated heterocycles. The topological polar surface area (TPSA) is 75.4 Å². The summed E-state index contributed by atoms with van der Waals surface area (Å²) in [5.74, 6) is 0.448. The van der Waals surface area contributed by atoms with Gasteiger partial charge in [0.2, 0.25) is 5.91 Å². The Morgan fingerprint density at radius 1 is 1.14 bits per heavy atom. The molecule has 1 spiro atoms. The van der Waals surface area contributed by atoms with Crippen LogP contribution < -0.4 is 5.56 Å². The standard InChI is InChI=1S/C30H40FN3O3/c1-22(17-23-9-3-2-4-10-23)28(36)33-16-8-14-29(19-33)13-7-15-30(29,37)20-34-21-32-26(18-27(34)35)24-11-5-6-12-25(24)31/h5-6,11-12,18,21-23,37H,2-4,7-10,13-17,19-20H2,1H3. The fourth-order valence-corrected chi connectivity index (χ4v) is 7.35. The predicted octanol–water partition coefficient (Wildman–Crippen LogP) is 5.18. The Bertz CT molecular complexity index is 1180. The van der Waals surface area contributed by atoms with Gasteiger partial charge >= 0.3 is 0 Å². The van der Waals surface area contributed by atoms with Crippen LogP contribution in [0.4, 0.5) is 4.39 Å². The lowest BCUT2D eigenvalue weighted by molar-refractivity contribution is -0.148. The molecule has 2 saturated carbocycles. The van der Waals surface area contributed by atoms with Crippen molar-refractivity contribution in [2.24, 2.45) is 17.3 Å². The molecule has 2 aliphatic carbocycles. The van der Waals surface area contributed by atoms with Crippen molar-refractivity contribution in [2.75, 3.05) is 13.1 Å². The number of amides is 1. The van der Waals surface area contributed by atoms with E-state index >= 15 is 0 Å². The van der Waals surface area contributed by atoms with Crippen LogP contribution in [0.3, 0.4) is 0 Å². The number of piperidine rings is 1. The number of halogens is 1. The van der Waals surface area contributed by atoms with Gasteiger partial charge in [0.1, 0.15) is 5.82 Å². The molecule has 7 heteroatoms. The fraction of sp³-hybridized carbons (Fsp3) is 0.633. The highest BCUT2D eigenvalue weighted by Crippen LogP contribution is 2.52. The van der Waals surface area contributed by atoms with E-state index in [1.807, 2.05) is 4.90 Å². The number of rotatable bonds is 6. The lowest BCUT2D eigenvalue weighted by atomic mass is 9.68. The van der Waals surface area contributed by atoms with Crippen molar-refractivity contribution >= 4 is 5.91 Å². The Kier molecular flexibility index (Phi) is 7.53. The molecule has 1 amide bonds. The first-order valence-corrected chi connectivity index (χ1v) is 14.1. The van der Waals surface area contributed by atoms with E-state index in [1.54, 1.807) is 18.2 Å². The molecule has 3 unspecified atom stereocenters. The number of hydrogen-bond donors (Lipinski definition) is 1. The quantitative estimate of drug-likeness (QED) is 0.582. The molecular weight excluding hydrogens is 469 g/mol. The highest BCUT2D eigenvalue weighted by Gasteiger charge is 2.56. The van der Waals surface area contributed by atoms with Gasteiger partial charge in [-0.1, -0.05) is 51.2 Å². The van der Waals surface area contributed by atoms with Crippen LogP contribution >= 0.6 is 0 Å². The second-order valence-electron chi connectivity index (χ2n) is 11.9. The van der Waals surface area contributed by atoms with Gasteiger partial charge in [-0.2, -0.15) is 0 Å². The minimum absolute atomic E-state index is 0.00508. The van der Waals surface area contributed by atoms with Crippen LogP contribution in [-0.2, 0) is 11.3 Å². The second kappa shape index (κ2) is 10.7. The minimum atomic E-state index is -1.09. The van der Waals surface area contributed by atoms with Crippen LogP contribution in [0.15, 0.2) is 41.5 Å². The Labute approximate surface area is 218 Å². The van der Waals surface area contributed by atoms with Gasteiger partial charge in [0, 0.05) is 36.1 Å². The van der Waals surface area contributed by atoms with E-state index in [2.05, 4.69) is 11.9 Å². The lowest BCUT2D eigenvalue weighted by Gasteiger charge is -2.49. The first kappa shape index (κ1) is 26.1. The fourth-order valence-electron chi connectivity index (χ4n) is 7.35. The van der Waals surface area contributed by atoms with Crippen molar-refractivity contribution in [1.82, 2.24) is 14.5 Å². The lowest BCUT2D eigenvalue weighted by Crippen LogP contribution is -2.58. The third kappa shape index (κ3) is 5.25. The van der Waals surface area contributed by atoms with E-state index in [4.69, 9.17) is 0 Å². The number of hydrogen-bond acceptors (Lipinski definition) is 4. The van der Waals surface area contributed by atoms with Crippen molar-refractivity contribution in [3.05, 3.63) is 52.8 Å². The third-order valence-electron chi connectivity index (χ3n) is 9.42. The van der Waals surface area contributed by atoms with E-state index in [0.717, 1.165) is 38.6 Å². The van der Waals surface area contributed by atoms with Gasteiger partial charge in [-0.05, 0) is 56.6 Å². The Balaban J connectivity index is 1.31. The van der Waals surface area contributed by atoms with Gasteiger partial charge in [0.15, 0.2) is 0 Å².